The first-order valence-corrected chi connectivity index (χ1v) is 6.67. The van der Waals surface area contributed by atoms with Crippen molar-refractivity contribution in [2.75, 3.05) is 13.7 Å². The highest BCUT2D eigenvalue weighted by molar-refractivity contribution is 6.03. The van der Waals surface area contributed by atoms with Crippen LogP contribution in [0, 0.1) is 17.8 Å². The van der Waals surface area contributed by atoms with Crippen LogP contribution >= 0.6 is 0 Å². The minimum atomic E-state index is -0.268. The Bertz CT molecular complexity index is 627. The zero-order chi connectivity index (χ0) is 15.4. The SMILES string of the molecule is COc1ccc(C#CCO)c(CN2C(=O)CC(C)C2=O)c1. The molecule has 5 nitrogen and oxygen atoms in total. The van der Waals surface area contributed by atoms with Crippen molar-refractivity contribution in [3.05, 3.63) is 29.3 Å². The van der Waals surface area contributed by atoms with Gasteiger partial charge in [0, 0.05) is 17.9 Å². The first-order chi connectivity index (χ1) is 10.1. The Morgan fingerprint density at radius 1 is 1.43 bits per heavy atom. The van der Waals surface area contributed by atoms with Crippen LogP contribution in [0.1, 0.15) is 24.5 Å². The molecule has 1 aliphatic heterocycles. The summed E-state index contributed by atoms with van der Waals surface area (Å²) in [5.74, 6) is 5.43. The second-order valence-electron chi connectivity index (χ2n) is 4.91. The minimum Gasteiger partial charge on any atom is -0.497 e. The summed E-state index contributed by atoms with van der Waals surface area (Å²) in [6.45, 7) is 1.68. The Morgan fingerprint density at radius 2 is 2.19 bits per heavy atom. The number of imide groups is 1. The fraction of sp³-hybridized carbons (Fsp3) is 0.375. The van der Waals surface area contributed by atoms with Crippen LogP contribution in [0.5, 0.6) is 5.75 Å². The maximum atomic E-state index is 12.0. The number of hydrogen-bond donors (Lipinski definition) is 1. The Kier molecular flexibility index (Phi) is 4.61. The molecule has 1 aromatic rings. The van der Waals surface area contributed by atoms with Gasteiger partial charge in [0.2, 0.25) is 11.8 Å². The first kappa shape index (κ1) is 15.1. The lowest BCUT2D eigenvalue weighted by atomic mass is 10.1. The molecule has 5 heteroatoms. The fourth-order valence-corrected chi connectivity index (χ4v) is 2.27. The minimum absolute atomic E-state index is 0.163. The number of nitrogens with zero attached hydrogens (tertiary/aromatic N) is 1. The van der Waals surface area contributed by atoms with Gasteiger partial charge >= 0.3 is 0 Å². The van der Waals surface area contributed by atoms with Gasteiger partial charge in [0.05, 0.1) is 13.7 Å². The Balaban J connectivity index is 2.33. The fourth-order valence-electron chi connectivity index (χ4n) is 2.27. The van der Waals surface area contributed by atoms with Crippen molar-refractivity contribution in [2.45, 2.75) is 19.9 Å². The third-order valence-corrected chi connectivity index (χ3v) is 3.41. The smallest absolute Gasteiger partial charge is 0.232 e. The lowest BCUT2D eigenvalue weighted by Gasteiger charge is -2.16. The van der Waals surface area contributed by atoms with E-state index >= 15 is 0 Å². The van der Waals surface area contributed by atoms with Gasteiger partial charge < -0.3 is 9.84 Å². The predicted molar refractivity (Wildman–Crippen MR) is 76.3 cm³/mol. The van der Waals surface area contributed by atoms with Gasteiger partial charge in [-0.25, -0.2) is 0 Å². The molecule has 0 radical (unpaired) electrons. The standard InChI is InChI=1S/C16H17NO4/c1-11-8-15(19)17(16(11)20)10-13-9-14(21-2)6-5-12(13)4-3-7-18/h5-6,9,11,18H,7-8,10H2,1-2H3. The molecule has 0 bridgehead atoms. The van der Waals surface area contributed by atoms with Crippen molar-refractivity contribution in [3.63, 3.8) is 0 Å². The average molecular weight is 287 g/mol. The van der Waals surface area contributed by atoms with E-state index < -0.39 is 0 Å². The molecule has 1 atom stereocenters. The van der Waals surface area contributed by atoms with Crippen LogP contribution in [-0.4, -0.2) is 35.5 Å². The molecule has 1 aromatic carbocycles. The van der Waals surface area contributed by atoms with Gasteiger partial charge in [-0.1, -0.05) is 18.8 Å². The Hall–Kier alpha value is -2.32. The number of amides is 2. The highest BCUT2D eigenvalue weighted by Gasteiger charge is 2.35. The van der Waals surface area contributed by atoms with E-state index in [9.17, 15) is 9.59 Å². The van der Waals surface area contributed by atoms with E-state index in [1.807, 2.05) is 0 Å². The highest BCUT2D eigenvalue weighted by Crippen LogP contribution is 2.24. The summed E-state index contributed by atoms with van der Waals surface area (Å²) >= 11 is 0. The normalized spacial score (nSPS) is 17.7. The summed E-state index contributed by atoms with van der Waals surface area (Å²) in [5, 5.41) is 8.81. The maximum Gasteiger partial charge on any atom is 0.232 e. The van der Waals surface area contributed by atoms with Gasteiger partial charge in [0.25, 0.3) is 0 Å². The monoisotopic (exact) mass is 287 g/mol. The van der Waals surface area contributed by atoms with E-state index in [0.29, 0.717) is 11.3 Å². The first-order valence-electron chi connectivity index (χ1n) is 6.67. The molecule has 1 aliphatic rings. The molecular formula is C16H17NO4. The lowest BCUT2D eigenvalue weighted by molar-refractivity contribution is -0.139. The molecule has 110 valence electrons. The van der Waals surface area contributed by atoms with E-state index in [4.69, 9.17) is 9.84 Å². The predicted octanol–water partition coefficient (Wildman–Crippen LogP) is 0.934. The molecule has 1 unspecified atom stereocenters. The highest BCUT2D eigenvalue weighted by atomic mass is 16.5. The molecule has 0 aromatic heterocycles. The van der Waals surface area contributed by atoms with Crippen LogP contribution < -0.4 is 4.74 Å². The number of benzene rings is 1. The van der Waals surface area contributed by atoms with Crippen molar-refractivity contribution in [1.82, 2.24) is 4.90 Å². The zero-order valence-electron chi connectivity index (χ0n) is 12.0. The zero-order valence-corrected chi connectivity index (χ0v) is 12.0. The van der Waals surface area contributed by atoms with Crippen molar-refractivity contribution in [3.8, 4) is 17.6 Å². The number of hydrogen-bond acceptors (Lipinski definition) is 4. The van der Waals surface area contributed by atoms with Crippen molar-refractivity contribution in [1.29, 1.82) is 0 Å². The van der Waals surface area contributed by atoms with Crippen molar-refractivity contribution in [2.24, 2.45) is 5.92 Å². The largest absolute Gasteiger partial charge is 0.497 e. The molecule has 0 spiro atoms. The maximum absolute atomic E-state index is 12.0. The summed E-state index contributed by atoms with van der Waals surface area (Å²) in [6.07, 6.45) is 0.250. The van der Waals surface area contributed by atoms with Crippen LogP contribution in [0.3, 0.4) is 0 Å². The second kappa shape index (κ2) is 6.42. The van der Waals surface area contributed by atoms with Crippen LogP contribution in [-0.2, 0) is 16.1 Å². The molecule has 1 saturated heterocycles. The van der Waals surface area contributed by atoms with Gasteiger partial charge in [0.1, 0.15) is 12.4 Å². The molecule has 0 saturated carbocycles. The molecule has 1 heterocycles. The van der Waals surface area contributed by atoms with E-state index in [2.05, 4.69) is 11.8 Å². The number of aliphatic hydroxyl groups excluding tert-OH is 1. The third-order valence-electron chi connectivity index (χ3n) is 3.41. The molecule has 1 N–H and O–H groups in total. The average Bonchev–Trinajstić information content (AvgIpc) is 2.72. The molecule has 2 rings (SSSR count). The van der Waals surface area contributed by atoms with Gasteiger partial charge in [-0.3, -0.25) is 14.5 Å². The number of rotatable bonds is 3. The van der Waals surface area contributed by atoms with Crippen LogP contribution in [0.15, 0.2) is 18.2 Å². The van der Waals surface area contributed by atoms with E-state index in [0.717, 1.165) is 5.56 Å². The Morgan fingerprint density at radius 3 is 2.76 bits per heavy atom. The summed E-state index contributed by atoms with van der Waals surface area (Å²) in [5.41, 5.74) is 1.40. The van der Waals surface area contributed by atoms with Gasteiger partial charge in [-0.05, 0) is 23.8 Å². The molecule has 21 heavy (non-hydrogen) atoms. The molecule has 1 fully saturated rings. The Labute approximate surface area is 123 Å². The number of carbonyl (C=O) groups is 2. The van der Waals surface area contributed by atoms with Crippen molar-refractivity contribution >= 4 is 11.8 Å². The number of likely N-dealkylation sites (tertiary alicyclic amines) is 1. The third kappa shape index (κ3) is 3.23. The molecule has 2 amide bonds. The van der Waals surface area contributed by atoms with Crippen LogP contribution in [0.25, 0.3) is 0 Å². The second-order valence-corrected chi connectivity index (χ2v) is 4.91. The summed E-state index contributed by atoms with van der Waals surface area (Å²) in [4.78, 5) is 25.1. The van der Waals surface area contributed by atoms with Crippen molar-refractivity contribution < 1.29 is 19.4 Å². The van der Waals surface area contributed by atoms with Crippen LogP contribution in [0.2, 0.25) is 0 Å². The summed E-state index contributed by atoms with van der Waals surface area (Å²) in [6, 6.07) is 5.26. The van der Waals surface area contributed by atoms with Gasteiger partial charge in [0.15, 0.2) is 0 Å². The van der Waals surface area contributed by atoms with E-state index in [-0.39, 0.29) is 37.3 Å². The number of ether oxygens (including phenoxy) is 1. The van der Waals surface area contributed by atoms with Gasteiger partial charge in [-0.15, -0.1) is 0 Å². The molecular weight excluding hydrogens is 270 g/mol. The lowest BCUT2D eigenvalue weighted by Crippen LogP contribution is -2.30. The van der Waals surface area contributed by atoms with E-state index in [1.165, 1.54) is 4.90 Å². The number of aliphatic hydroxyl groups is 1. The van der Waals surface area contributed by atoms with Gasteiger partial charge in [-0.2, -0.15) is 0 Å². The van der Waals surface area contributed by atoms with Crippen LogP contribution in [0.4, 0.5) is 0 Å². The van der Waals surface area contributed by atoms with E-state index in [1.54, 1.807) is 32.2 Å². The number of carbonyl (C=O) groups excluding carboxylic acids is 2. The summed E-state index contributed by atoms with van der Waals surface area (Å²) in [7, 11) is 1.55. The quantitative estimate of drug-likeness (QED) is 0.663. The number of methoxy groups -OCH3 is 1. The topological polar surface area (TPSA) is 66.8 Å². The summed E-state index contributed by atoms with van der Waals surface area (Å²) < 4.78 is 5.17. The molecule has 0 aliphatic carbocycles.